The molecule has 1 spiro atoms. The van der Waals surface area contributed by atoms with Crippen molar-refractivity contribution in [1.82, 2.24) is 4.90 Å². The lowest BCUT2D eigenvalue weighted by atomic mass is 9.90. The van der Waals surface area contributed by atoms with E-state index in [1.165, 1.54) is 0 Å². The van der Waals surface area contributed by atoms with Crippen molar-refractivity contribution >= 4 is 29.1 Å². The third kappa shape index (κ3) is 4.35. The Bertz CT molecular complexity index is 1010. The summed E-state index contributed by atoms with van der Waals surface area (Å²) in [5, 5.41) is 3.42. The molecule has 2 amide bonds. The number of hydrogen-bond donors (Lipinski definition) is 1. The number of nitrogens with one attached hydrogen (secondary N) is 1. The van der Waals surface area contributed by atoms with Crippen LogP contribution in [0.4, 0.5) is 5.69 Å². The van der Waals surface area contributed by atoms with E-state index in [1.54, 1.807) is 57.7 Å². The number of nitrogens with zero attached hydrogens (tertiary/aromatic N) is 1. The lowest BCUT2D eigenvalue weighted by molar-refractivity contribution is -0.118. The molecule has 0 bridgehead atoms. The molecule has 1 heterocycles. The number of methoxy groups -OCH3 is 3. The van der Waals surface area contributed by atoms with Crippen LogP contribution < -0.4 is 19.5 Å². The van der Waals surface area contributed by atoms with Crippen LogP contribution in [0, 0.1) is 11.3 Å². The number of ether oxygens (including phenoxy) is 3. The summed E-state index contributed by atoms with van der Waals surface area (Å²) in [4.78, 5) is 27.7. The molecule has 1 atom stereocenters. The largest absolute Gasteiger partial charge is 0.497 e. The van der Waals surface area contributed by atoms with Gasteiger partial charge in [-0.3, -0.25) is 9.59 Å². The van der Waals surface area contributed by atoms with E-state index in [0.717, 1.165) is 19.3 Å². The van der Waals surface area contributed by atoms with Gasteiger partial charge in [0.2, 0.25) is 5.91 Å². The van der Waals surface area contributed by atoms with Gasteiger partial charge < -0.3 is 24.4 Å². The maximum absolute atomic E-state index is 13.0. The molecule has 1 saturated heterocycles. The summed E-state index contributed by atoms with van der Waals surface area (Å²) in [6.07, 6.45) is 2.46. The Morgan fingerprint density at radius 3 is 2.22 bits per heavy atom. The fourth-order valence-electron chi connectivity index (χ4n) is 4.51. The van der Waals surface area contributed by atoms with Crippen LogP contribution in [-0.2, 0) is 4.79 Å². The molecule has 2 aromatic carbocycles. The molecule has 32 heavy (non-hydrogen) atoms. The number of carbonyl (C=O) groups is 2. The zero-order valence-electron chi connectivity index (χ0n) is 18.4. The van der Waals surface area contributed by atoms with Gasteiger partial charge in [-0.15, -0.1) is 0 Å². The first kappa shape index (κ1) is 22.3. The average Bonchev–Trinajstić information content (AvgIpc) is 3.52. The maximum atomic E-state index is 13.0. The number of halogens is 1. The second-order valence-electron chi connectivity index (χ2n) is 8.35. The van der Waals surface area contributed by atoms with E-state index in [1.807, 2.05) is 4.90 Å². The summed E-state index contributed by atoms with van der Waals surface area (Å²) < 4.78 is 15.7. The van der Waals surface area contributed by atoms with Gasteiger partial charge in [-0.1, -0.05) is 11.6 Å². The summed E-state index contributed by atoms with van der Waals surface area (Å²) in [6.45, 7) is 1.24. The number of hydrogen-bond acceptors (Lipinski definition) is 5. The molecule has 1 aliphatic carbocycles. The molecular formula is C24H27ClN2O5. The van der Waals surface area contributed by atoms with Crippen molar-refractivity contribution in [3.05, 3.63) is 47.0 Å². The van der Waals surface area contributed by atoms with Crippen LogP contribution in [0.2, 0.25) is 5.02 Å². The van der Waals surface area contributed by atoms with Gasteiger partial charge in [-0.25, -0.2) is 0 Å². The van der Waals surface area contributed by atoms with Crippen molar-refractivity contribution in [2.75, 3.05) is 39.7 Å². The van der Waals surface area contributed by atoms with Gasteiger partial charge >= 0.3 is 0 Å². The number of benzene rings is 2. The number of rotatable bonds is 6. The van der Waals surface area contributed by atoms with Crippen LogP contribution in [0.3, 0.4) is 0 Å². The molecule has 1 unspecified atom stereocenters. The van der Waals surface area contributed by atoms with Gasteiger partial charge in [0.05, 0.1) is 26.4 Å². The first-order valence-electron chi connectivity index (χ1n) is 10.6. The van der Waals surface area contributed by atoms with Gasteiger partial charge in [0.15, 0.2) is 0 Å². The highest BCUT2D eigenvalue weighted by atomic mass is 35.5. The Labute approximate surface area is 192 Å². The molecular weight excluding hydrogens is 432 g/mol. The van der Waals surface area contributed by atoms with Crippen molar-refractivity contribution in [3.8, 4) is 17.2 Å². The molecule has 0 aromatic heterocycles. The average molecular weight is 459 g/mol. The molecule has 4 rings (SSSR count). The fourth-order valence-corrected chi connectivity index (χ4v) is 4.77. The SMILES string of the molecule is COc1cc(OC)cc(C(=O)N2CCC3(CC2)CC3C(=O)Nc2ccc(OC)c(Cl)c2)c1. The lowest BCUT2D eigenvalue weighted by Gasteiger charge is -2.33. The van der Waals surface area contributed by atoms with E-state index in [4.69, 9.17) is 25.8 Å². The van der Waals surface area contributed by atoms with E-state index in [2.05, 4.69) is 5.32 Å². The second kappa shape index (κ2) is 8.90. The Kier molecular flexibility index (Phi) is 6.20. The lowest BCUT2D eigenvalue weighted by Crippen LogP contribution is -2.40. The Hall–Kier alpha value is -2.93. The maximum Gasteiger partial charge on any atom is 0.254 e. The van der Waals surface area contributed by atoms with Gasteiger partial charge in [0.1, 0.15) is 17.2 Å². The van der Waals surface area contributed by atoms with Crippen LogP contribution in [0.15, 0.2) is 36.4 Å². The van der Waals surface area contributed by atoms with E-state index in [-0.39, 0.29) is 23.1 Å². The Morgan fingerprint density at radius 1 is 1.00 bits per heavy atom. The highest BCUT2D eigenvalue weighted by molar-refractivity contribution is 6.32. The van der Waals surface area contributed by atoms with E-state index < -0.39 is 0 Å². The highest BCUT2D eigenvalue weighted by Gasteiger charge is 2.58. The normalized spacial score (nSPS) is 18.8. The van der Waals surface area contributed by atoms with Crippen molar-refractivity contribution in [2.24, 2.45) is 11.3 Å². The molecule has 170 valence electrons. The summed E-state index contributed by atoms with van der Waals surface area (Å²) in [5.74, 6) is 1.64. The van der Waals surface area contributed by atoms with Gasteiger partial charge in [0.25, 0.3) is 5.91 Å². The second-order valence-corrected chi connectivity index (χ2v) is 8.76. The molecule has 1 N–H and O–H groups in total. The fraction of sp³-hybridized carbons (Fsp3) is 0.417. The third-order valence-electron chi connectivity index (χ3n) is 6.57. The number of amides is 2. The molecule has 1 aliphatic heterocycles. The van der Waals surface area contributed by atoms with Crippen molar-refractivity contribution in [1.29, 1.82) is 0 Å². The van der Waals surface area contributed by atoms with Gasteiger partial charge in [-0.05, 0) is 55.0 Å². The minimum Gasteiger partial charge on any atom is -0.497 e. The third-order valence-corrected chi connectivity index (χ3v) is 6.87. The molecule has 8 heteroatoms. The number of likely N-dealkylation sites (tertiary alicyclic amines) is 1. The first-order valence-corrected chi connectivity index (χ1v) is 10.9. The number of piperidine rings is 1. The summed E-state index contributed by atoms with van der Waals surface area (Å²) >= 11 is 6.16. The summed E-state index contributed by atoms with van der Waals surface area (Å²) in [7, 11) is 4.67. The zero-order valence-corrected chi connectivity index (χ0v) is 19.2. The van der Waals surface area contributed by atoms with E-state index >= 15 is 0 Å². The minimum absolute atomic E-state index is 0.00328. The highest BCUT2D eigenvalue weighted by Crippen LogP contribution is 2.59. The van der Waals surface area contributed by atoms with Crippen LogP contribution in [0.1, 0.15) is 29.6 Å². The summed E-state index contributed by atoms with van der Waals surface area (Å²) in [6, 6.07) is 10.4. The number of carbonyl (C=O) groups excluding carboxylic acids is 2. The van der Waals surface area contributed by atoms with Gasteiger partial charge in [0, 0.05) is 36.3 Å². The Balaban J connectivity index is 1.35. The number of anilines is 1. The quantitative estimate of drug-likeness (QED) is 0.700. The van der Waals surface area contributed by atoms with E-state index in [9.17, 15) is 9.59 Å². The smallest absolute Gasteiger partial charge is 0.254 e. The van der Waals surface area contributed by atoms with Crippen LogP contribution in [0.25, 0.3) is 0 Å². The predicted molar refractivity (Wildman–Crippen MR) is 122 cm³/mol. The van der Waals surface area contributed by atoms with Crippen molar-refractivity contribution in [3.63, 3.8) is 0 Å². The van der Waals surface area contributed by atoms with Crippen LogP contribution in [0.5, 0.6) is 17.2 Å². The van der Waals surface area contributed by atoms with Crippen molar-refractivity contribution in [2.45, 2.75) is 19.3 Å². The molecule has 2 aliphatic rings. The summed E-state index contributed by atoms with van der Waals surface area (Å²) in [5.41, 5.74) is 1.17. The van der Waals surface area contributed by atoms with Crippen LogP contribution in [-0.4, -0.2) is 51.1 Å². The molecule has 2 aromatic rings. The molecule has 2 fully saturated rings. The topological polar surface area (TPSA) is 77.1 Å². The predicted octanol–water partition coefficient (Wildman–Crippen LogP) is 4.25. The zero-order chi connectivity index (χ0) is 22.9. The molecule has 7 nitrogen and oxygen atoms in total. The van der Waals surface area contributed by atoms with Gasteiger partial charge in [-0.2, -0.15) is 0 Å². The van der Waals surface area contributed by atoms with E-state index in [0.29, 0.717) is 46.6 Å². The van der Waals surface area contributed by atoms with Crippen LogP contribution >= 0.6 is 11.6 Å². The van der Waals surface area contributed by atoms with Crippen molar-refractivity contribution < 1.29 is 23.8 Å². The molecule has 1 saturated carbocycles. The monoisotopic (exact) mass is 458 g/mol. The Morgan fingerprint density at radius 2 is 1.66 bits per heavy atom. The molecule has 0 radical (unpaired) electrons. The first-order chi connectivity index (χ1) is 15.4. The standard InChI is InChI=1S/C24H27ClN2O5/c1-30-17-10-15(11-18(13-17)31-2)23(29)27-8-6-24(7-9-27)14-19(24)22(28)26-16-4-5-21(32-3)20(25)12-16/h4-5,10-13,19H,6-9,14H2,1-3H3,(H,26,28). The minimum atomic E-state index is -0.0495.